The van der Waals surface area contributed by atoms with Gasteiger partial charge in [-0.25, -0.2) is 14.4 Å². The number of aliphatic carboxylic acids is 1. The molecule has 1 rings (SSSR count). The second-order valence-corrected chi connectivity index (χ2v) is 8.09. The number of rotatable bonds is 10. The van der Waals surface area contributed by atoms with Gasteiger partial charge in [-0.05, 0) is 52.6 Å². The van der Waals surface area contributed by atoms with Gasteiger partial charge in [0.1, 0.15) is 11.3 Å². The van der Waals surface area contributed by atoms with Crippen molar-refractivity contribution in [3.63, 3.8) is 0 Å². The highest BCUT2D eigenvalue weighted by Crippen LogP contribution is 2.24. The largest absolute Gasteiger partial charge is 0.490 e. The van der Waals surface area contributed by atoms with Crippen LogP contribution in [-0.2, 0) is 27.2 Å². The number of ether oxygens (including phenoxy) is 2. The Kier molecular flexibility index (Phi) is 12.8. The van der Waals surface area contributed by atoms with Crippen LogP contribution in [0.1, 0.15) is 92.9 Å². The third kappa shape index (κ3) is 11.2. The van der Waals surface area contributed by atoms with E-state index in [1.807, 2.05) is 27.7 Å². The van der Waals surface area contributed by atoms with Crippen LogP contribution in [0, 0.1) is 0 Å². The summed E-state index contributed by atoms with van der Waals surface area (Å²) in [5.41, 5.74) is 1.53. The lowest BCUT2D eigenvalue weighted by molar-refractivity contribution is -0.192. The van der Waals surface area contributed by atoms with Gasteiger partial charge in [0.25, 0.3) is 0 Å². The Morgan fingerprint density at radius 2 is 1.61 bits per heavy atom. The molecule has 0 saturated carbocycles. The van der Waals surface area contributed by atoms with Crippen LogP contribution in [0.3, 0.4) is 0 Å². The van der Waals surface area contributed by atoms with Crippen LogP contribution in [0.2, 0.25) is 0 Å². The predicted molar refractivity (Wildman–Crippen MR) is 116 cm³/mol. The molecule has 0 saturated heterocycles. The number of H-pyrrole nitrogens is 1. The number of nitrogens with one attached hydrogen (secondary N) is 2. The summed E-state index contributed by atoms with van der Waals surface area (Å²) in [5, 5.41) is 10.5. The van der Waals surface area contributed by atoms with Crippen molar-refractivity contribution in [2.24, 2.45) is 0 Å². The van der Waals surface area contributed by atoms with Gasteiger partial charge in [0.15, 0.2) is 0 Å². The molecule has 11 heteroatoms. The van der Waals surface area contributed by atoms with Crippen LogP contribution in [0.15, 0.2) is 0 Å². The van der Waals surface area contributed by atoms with Gasteiger partial charge in [-0.15, -0.1) is 0 Å². The number of carbonyl (C=O) groups is 3. The van der Waals surface area contributed by atoms with E-state index in [0.717, 1.165) is 25.8 Å². The molecular weight excluding hydrogens is 445 g/mol. The summed E-state index contributed by atoms with van der Waals surface area (Å²) in [7, 11) is 0. The van der Waals surface area contributed by atoms with Gasteiger partial charge in [-0.3, -0.25) is 0 Å². The SMILES string of the molecule is CCCCCNCc1[nH]c(C(=O)OC(C)(C)C)c(CC)c1C(=O)OCC.O=C(O)C(F)(F)F. The molecule has 0 unspecified atom stereocenters. The molecule has 0 fully saturated rings. The van der Waals surface area contributed by atoms with Gasteiger partial charge < -0.3 is 24.9 Å². The topological polar surface area (TPSA) is 118 Å². The van der Waals surface area contributed by atoms with E-state index in [1.165, 1.54) is 0 Å². The number of alkyl halides is 3. The van der Waals surface area contributed by atoms with E-state index in [9.17, 15) is 22.8 Å². The van der Waals surface area contributed by atoms with E-state index in [-0.39, 0.29) is 6.61 Å². The second kappa shape index (κ2) is 13.9. The van der Waals surface area contributed by atoms with Gasteiger partial charge in [0.05, 0.1) is 12.2 Å². The molecule has 0 atom stereocenters. The van der Waals surface area contributed by atoms with E-state index in [1.54, 1.807) is 6.92 Å². The summed E-state index contributed by atoms with van der Waals surface area (Å²) in [6, 6.07) is 0. The van der Waals surface area contributed by atoms with Crippen molar-refractivity contribution in [3.05, 3.63) is 22.5 Å². The molecule has 190 valence electrons. The van der Waals surface area contributed by atoms with Crippen molar-refractivity contribution in [2.75, 3.05) is 13.2 Å². The van der Waals surface area contributed by atoms with Crippen LogP contribution < -0.4 is 5.32 Å². The number of esters is 2. The van der Waals surface area contributed by atoms with Crippen molar-refractivity contribution < 1.29 is 42.1 Å². The third-order valence-corrected chi connectivity index (χ3v) is 4.12. The fourth-order valence-corrected chi connectivity index (χ4v) is 2.75. The van der Waals surface area contributed by atoms with E-state index < -0.39 is 29.7 Å². The highest BCUT2D eigenvalue weighted by molar-refractivity contribution is 5.99. The van der Waals surface area contributed by atoms with Gasteiger partial charge in [0, 0.05) is 12.2 Å². The number of hydrogen-bond acceptors (Lipinski definition) is 6. The molecule has 8 nitrogen and oxygen atoms in total. The van der Waals surface area contributed by atoms with Gasteiger partial charge in [-0.1, -0.05) is 26.7 Å². The zero-order valence-electron chi connectivity index (χ0n) is 20.1. The number of carbonyl (C=O) groups excluding carboxylic acids is 2. The molecule has 1 aromatic rings. The average molecular weight is 481 g/mol. The van der Waals surface area contributed by atoms with Crippen LogP contribution in [0.5, 0.6) is 0 Å². The molecule has 0 spiro atoms. The van der Waals surface area contributed by atoms with Crippen molar-refractivity contribution in [3.8, 4) is 0 Å². The molecule has 0 radical (unpaired) electrons. The lowest BCUT2D eigenvalue weighted by Crippen LogP contribution is -2.24. The Balaban J connectivity index is 0.00000126. The summed E-state index contributed by atoms with van der Waals surface area (Å²) in [6.07, 6.45) is -1.16. The molecule has 3 N–H and O–H groups in total. The first-order valence-electron chi connectivity index (χ1n) is 10.8. The first kappa shape index (κ1) is 30.4. The third-order valence-electron chi connectivity index (χ3n) is 4.12. The van der Waals surface area contributed by atoms with E-state index in [0.29, 0.717) is 35.5 Å². The zero-order chi connectivity index (χ0) is 25.8. The van der Waals surface area contributed by atoms with Gasteiger partial charge >= 0.3 is 24.1 Å². The highest BCUT2D eigenvalue weighted by Gasteiger charge is 2.38. The predicted octanol–water partition coefficient (Wildman–Crippen LogP) is 4.62. The van der Waals surface area contributed by atoms with Crippen molar-refractivity contribution in [1.29, 1.82) is 0 Å². The maximum Gasteiger partial charge on any atom is 0.490 e. The van der Waals surface area contributed by atoms with Gasteiger partial charge in [0.2, 0.25) is 0 Å². The zero-order valence-corrected chi connectivity index (χ0v) is 20.1. The minimum Gasteiger partial charge on any atom is -0.475 e. The fraction of sp³-hybridized carbons (Fsp3) is 0.682. The normalized spacial score (nSPS) is 11.4. The van der Waals surface area contributed by atoms with E-state index in [2.05, 4.69) is 17.2 Å². The summed E-state index contributed by atoms with van der Waals surface area (Å²) in [5.74, 6) is -3.61. The molecule has 0 aliphatic rings. The number of carboxylic acids is 1. The summed E-state index contributed by atoms with van der Waals surface area (Å²) in [6.45, 7) is 12.9. The van der Waals surface area contributed by atoms with E-state index >= 15 is 0 Å². The lowest BCUT2D eigenvalue weighted by Gasteiger charge is -2.19. The Morgan fingerprint density at radius 3 is 2.03 bits per heavy atom. The second-order valence-electron chi connectivity index (χ2n) is 8.09. The standard InChI is InChI=1S/C20H34N2O4.C2HF3O2/c1-7-10-11-12-21-13-15-16(18(23)25-9-3)14(8-2)17(22-15)19(24)26-20(4,5)6;3-2(4,5)1(6)7/h21-22H,7-13H2,1-6H3;(H,6,7). The fourth-order valence-electron chi connectivity index (χ4n) is 2.75. The minimum absolute atomic E-state index is 0.290. The minimum atomic E-state index is -5.08. The molecule has 0 aromatic carbocycles. The number of aromatic nitrogens is 1. The Morgan fingerprint density at radius 1 is 1.03 bits per heavy atom. The first-order chi connectivity index (χ1) is 15.2. The maximum atomic E-state index is 12.6. The first-order valence-corrected chi connectivity index (χ1v) is 10.8. The summed E-state index contributed by atoms with van der Waals surface area (Å²) in [4.78, 5) is 37.1. The number of halogens is 3. The maximum absolute atomic E-state index is 12.6. The molecule has 0 aliphatic heterocycles. The highest BCUT2D eigenvalue weighted by atomic mass is 19.4. The summed E-state index contributed by atoms with van der Waals surface area (Å²) >= 11 is 0. The van der Waals surface area contributed by atoms with Crippen molar-refractivity contribution >= 4 is 17.9 Å². The molecular formula is C22H35F3N2O6. The van der Waals surface area contributed by atoms with Gasteiger partial charge in [-0.2, -0.15) is 13.2 Å². The number of hydrogen-bond donors (Lipinski definition) is 3. The number of aromatic amines is 1. The number of unbranched alkanes of at least 4 members (excludes halogenated alkanes) is 2. The van der Waals surface area contributed by atoms with Crippen LogP contribution >= 0.6 is 0 Å². The summed E-state index contributed by atoms with van der Waals surface area (Å²) < 4.78 is 42.4. The van der Waals surface area contributed by atoms with E-state index in [4.69, 9.17) is 19.4 Å². The monoisotopic (exact) mass is 480 g/mol. The molecule has 0 aliphatic carbocycles. The van der Waals surface area contributed by atoms with Crippen LogP contribution in [-0.4, -0.2) is 52.9 Å². The van der Waals surface area contributed by atoms with Crippen LogP contribution in [0.4, 0.5) is 13.2 Å². The van der Waals surface area contributed by atoms with Crippen molar-refractivity contribution in [1.82, 2.24) is 10.3 Å². The molecule has 1 aromatic heterocycles. The number of carboxylic acid groups (broad SMARTS) is 1. The molecule has 0 amide bonds. The average Bonchev–Trinajstić information content (AvgIpc) is 3.05. The Labute approximate surface area is 192 Å². The van der Waals surface area contributed by atoms with Crippen molar-refractivity contribution in [2.45, 2.75) is 85.5 Å². The smallest absolute Gasteiger partial charge is 0.475 e. The van der Waals surface area contributed by atoms with Crippen LogP contribution in [0.25, 0.3) is 0 Å². The molecule has 1 heterocycles. The Hall–Kier alpha value is -2.56. The quantitative estimate of drug-likeness (QED) is 0.330. The molecule has 0 bridgehead atoms. The lowest BCUT2D eigenvalue weighted by atomic mass is 10.1. The Bertz CT molecular complexity index is 782. The molecule has 33 heavy (non-hydrogen) atoms.